The van der Waals surface area contributed by atoms with Crippen molar-refractivity contribution < 1.29 is 17.6 Å². The van der Waals surface area contributed by atoms with Gasteiger partial charge in [-0.15, -0.1) is 0 Å². The van der Waals surface area contributed by atoms with Crippen molar-refractivity contribution in [1.82, 2.24) is 0 Å². The van der Waals surface area contributed by atoms with Crippen LogP contribution < -0.4 is 5.32 Å². The number of hydrogen-bond donors (Lipinski definition) is 1. The van der Waals surface area contributed by atoms with Gasteiger partial charge < -0.3 is 5.32 Å². The van der Waals surface area contributed by atoms with E-state index in [2.05, 4.69) is 5.32 Å². The number of benzene rings is 2. The van der Waals surface area contributed by atoms with Crippen LogP contribution in [0.3, 0.4) is 0 Å². The first-order valence-electron chi connectivity index (χ1n) is 6.16. The number of alkyl halides is 3. The summed E-state index contributed by atoms with van der Waals surface area (Å²) >= 11 is 5.87. The molecule has 0 spiro atoms. The fourth-order valence-corrected chi connectivity index (χ4v) is 2.27. The van der Waals surface area contributed by atoms with E-state index in [1.54, 1.807) is 6.92 Å². The van der Waals surface area contributed by atoms with Crippen molar-refractivity contribution in [3.05, 3.63) is 64.4 Å². The van der Waals surface area contributed by atoms with E-state index in [-0.39, 0.29) is 10.6 Å². The second-order valence-corrected chi connectivity index (χ2v) is 4.98. The lowest BCUT2D eigenvalue weighted by Gasteiger charge is -2.21. The van der Waals surface area contributed by atoms with Gasteiger partial charge in [0.15, 0.2) is 0 Å². The molecule has 112 valence electrons. The topological polar surface area (TPSA) is 12.0 Å². The predicted octanol–water partition coefficient (Wildman–Crippen LogP) is 5.67. The fourth-order valence-electron chi connectivity index (χ4n) is 2.05. The Morgan fingerprint density at radius 3 is 2.38 bits per heavy atom. The Labute approximate surface area is 124 Å². The molecule has 1 N–H and O–H groups in total. The van der Waals surface area contributed by atoms with Crippen molar-refractivity contribution in [3.63, 3.8) is 0 Å². The molecule has 0 aliphatic rings. The summed E-state index contributed by atoms with van der Waals surface area (Å²) in [5.41, 5.74) is -0.226. The van der Waals surface area contributed by atoms with Crippen molar-refractivity contribution in [3.8, 4) is 0 Å². The van der Waals surface area contributed by atoms with E-state index in [0.717, 1.165) is 12.1 Å². The van der Waals surface area contributed by atoms with Crippen LogP contribution in [0.5, 0.6) is 0 Å². The molecule has 21 heavy (non-hydrogen) atoms. The van der Waals surface area contributed by atoms with Gasteiger partial charge in [0.1, 0.15) is 5.82 Å². The maximum Gasteiger partial charge on any atom is 0.416 e. The number of anilines is 1. The van der Waals surface area contributed by atoms with E-state index in [1.165, 1.54) is 30.3 Å². The fraction of sp³-hybridized carbons (Fsp3) is 0.200. The van der Waals surface area contributed by atoms with E-state index >= 15 is 0 Å². The zero-order chi connectivity index (χ0) is 15.6. The summed E-state index contributed by atoms with van der Waals surface area (Å²) in [6, 6.07) is 8.36. The molecule has 0 radical (unpaired) electrons. The molecule has 6 heteroatoms. The summed E-state index contributed by atoms with van der Waals surface area (Å²) < 4.78 is 51.9. The Balaban J connectivity index is 2.31. The molecule has 0 heterocycles. The van der Waals surface area contributed by atoms with Gasteiger partial charge in [0, 0.05) is 6.04 Å². The summed E-state index contributed by atoms with van der Waals surface area (Å²) in [4.78, 5) is 0. The Bertz CT molecular complexity index is 640. The van der Waals surface area contributed by atoms with Gasteiger partial charge in [-0.3, -0.25) is 0 Å². The monoisotopic (exact) mass is 317 g/mol. The summed E-state index contributed by atoms with van der Waals surface area (Å²) in [5.74, 6) is -0.506. The second-order valence-electron chi connectivity index (χ2n) is 4.58. The van der Waals surface area contributed by atoms with E-state index in [0.29, 0.717) is 5.69 Å². The average molecular weight is 318 g/mol. The Morgan fingerprint density at radius 2 is 1.76 bits per heavy atom. The zero-order valence-electron chi connectivity index (χ0n) is 11.0. The van der Waals surface area contributed by atoms with Gasteiger partial charge in [0.05, 0.1) is 16.3 Å². The summed E-state index contributed by atoms with van der Waals surface area (Å²) in [6.45, 7) is 1.59. The Morgan fingerprint density at radius 1 is 1.10 bits per heavy atom. The maximum atomic E-state index is 13.0. The third-order valence-corrected chi connectivity index (χ3v) is 3.35. The number of halogens is 5. The van der Waals surface area contributed by atoms with E-state index < -0.39 is 23.6 Å². The third-order valence-electron chi connectivity index (χ3n) is 3.04. The lowest BCUT2D eigenvalue weighted by atomic mass is 10.0. The van der Waals surface area contributed by atoms with Gasteiger partial charge in [-0.1, -0.05) is 29.8 Å². The van der Waals surface area contributed by atoms with Gasteiger partial charge in [0.25, 0.3) is 0 Å². The zero-order valence-corrected chi connectivity index (χ0v) is 11.8. The smallest absolute Gasteiger partial charge is 0.377 e. The van der Waals surface area contributed by atoms with Gasteiger partial charge >= 0.3 is 6.18 Å². The molecule has 0 aromatic heterocycles. The van der Waals surface area contributed by atoms with Crippen molar-refractivity contribution in [2.75, 3.05) is 5.32 Å². The molecule has 2 aromatic rings. The molecule has 0 saturated carbocycles. The number of rotatable bonds is 3. The molecule has 1 unspecified atom stereocenters. The normalized spacial score (nSPS) is 13.0. The first-order chi connectivity index (χ1) is 9.79. The van der Waals surface area contributed by atoms with Crippen LogP contribution in [0.1, 0.15) is 24.1 Å². The molecular weight excluding hydrogens is 306 g/mol. The first kappa shape index (κ1) is 15.6. The molecular formula is C15H12ClF4N. The van der Waals surface area contributed by atoms with Crippen LogP contribution in [-0.4, -0.2) is 0 Å². The minimum Gasteiger partial charge on any atom is -0.377 e. The van der Waals surface area contributed by atoms with Crippen LogP contribution in [0.2, 0.25) is 5.02 Å². The summed E-state index contributed by atoms with van der Waals surface area (Å²) in [6.07, 6.45) is -4.43. The van der Waals surface area contributed by atoms with Crippen molar-refractivity contribution in [2.24, 2.45) is 0 Å². The van der Waals surface area contributed by atoms with Crippen LogP contribution in [0.25, 0.3) is 0 Å². The highest BCUT2D eigenvalue weighted by Gasteiger charge is 2.34. The van der Waals surface area contributed by atoms with Crippen LogP contribution >= 0.6 is 11.6 Å². The molecule has 1 nitrogen and oxygen atoms in total. The molecule has 0 aliphatic heterocycles. The van der Waals surface area contributed by atoms with Gasteiger partial charge in [-0.25, -0.2) is 4.39 Å². The standard InChI is InChI=1S/C15H12ClF4N/c1-9(21-14-7-6-10(17)8-13(14)16)11-4-2-3-5-12(11)15(18,19)20/h2-9,21H,1H3. The molecule has 2 rings (SSSR count). The molecule has 2 aromatic carbocycles. The summed E-state index contributed by atoms with van der Waals surface area (Å²) in [7, 11) is 0. The highest BCUT2D eigenvalue weighted by atomic mass is 35.5. The van der Waals surface area contributed by atoms with Gasteiger partial charge in [-0.05, 0) is 36.8 Å². The third kappa shape index (κ3) is 3.67. The average Bonchev–Trinajstić information content (AvgIpc) is 2.41. The van der Waals surface area contributed by atoms with E-state index in [9.17, 15) is 17.6 Å². The lowest BCUT2D eigenvalue weighted by molar-refractivity contribution is -0.138. The minimum absolute atomic E-state index is 0.102. The van der Waals surface area contributed by atoms with Crippen LogP contribution in [0, 0.1) is 5.82 Å². The molecule has 0 saturated heterocycles. The minimum atomic E-state index is -4.43. The Kier molecular flexibility index (Phi) is 4.42. The number of hydrogen-bond acceptors (Lipinski definition) is 1. The van der Waals surface area contributed by atoms with Crippen molar-refractivity contribution in [2.45, 2.75) is 19.1 Å². The van der Waals surface area contributed by atoms with Gasteiger partial charge in [0.2, 0.25) is 0 Å². The Hall–Kier alpha value is -1.75. The molecule has 1 atom stereocenters. The second kappa shape index (κ2) is 5.93. The van der Waals surface area contributed by atoms with Crippen LogP contribution in [0.4, 0.5) is 23.2 Å². The van der Waals surface area contributed by atoms with Crippen molar-refractivity contribution >= 4 is 17.3 Å². The maximum absolute atomic E-state index is 13.0. The van der Waals surface area contributed by atoms with Gasteiger partial charge in [-0.2, -0.15) is 13.2 Å². The lowest BCUT2D eigenvalue weighted by Crippen LogP contribution is -2.15. The van der Waals surface area contributed by atoms with E-state index in [4.69, 9.17) is 11.6 Å². The SMILES string of the molecule is CC(Nc1ccc(F)cc1Cl)c1ccccc1C(F)(F)F. The number of nitrogens with one attached hydrogen (secondary N) is 1. The van der Waals surface area contributed by atoms with E-state index in [1.807, 2.05) is 0 Å². The molecule has 0 amide bonds. The highest BCUT2D eigenvalue weighted by Crippen LogP contribution is 2.36. The first-order valence-corrected chi connectivity index (χ1v) is 6.54. The van der Waals surface area contributed by atoms with Crippen LogP contribution in [0.15, 0.2) is 42.5 Å². The quantitative estimate of drug-likeness (QED) is 0.719. The molecule has 0 aliphatic carbocycles. The predicted molar refractivity (Wildman–Crippen MR) is 74.9 cm³/mol. The van der Waals surface area contributed by atoms with Crippen molar-refractivity contribution in [1.29, 1.82) is 0 Å². The summed E-state index contributed by atoms with van der Waals surface area (Å²) in [5, 5.41) is 2.98. The highest BCUT2D eigenvalue weighted by molar-refractivity contribution is 6.33. The molecule has 0 bridgehead atoms. The molecule has 0 fully saturated rings. The largest absolute Gasteiger partial charge is 0.416 e. The van der Waals surface area contributed by atoms with Crippen LogP contribution in [-0.2, 0) is 6.18 Å².